The molecule has 0 radical (unpaired) electrons. The molecule has 0 aliphatic rings. The summed E-state index contributed by atoms with van der Waals surface area (Å²) in [5.74, 6) is 1.53. The number of aliphatic imine (C=N–C) groups is 1. The van der Waals surface area contributed by atoms with E-state index < -0.39 is 0 Å². The zero-order valence-corrected chi connectivity index (χ0v) is 21.1. The minimum atomic E-state index is 0.00783. The van der Waals surface area contributed by atoms with Crippen LogP contribution in [-0.2, 0) is 0 Å². The topological polar surface area (TPSA) is 47.9 Å². The zero-order chi connectivity index (χ0) is 24.5. The van der Waals surface area contributed by atoms with Gasteiger partial charge in [0.25, 0.3) is 0 Å². The summed E-state index contributed by atoms with van der Waals surface area (Å²) >= 11 is 1.64. The van der Waals surface area contributed by atoms with Crippen molar-refractivity contribution in [3.8, 4) is 21.9 Å². The van der Waals surface area contributed by atoms with Gasteiger partial charge in [0.1, 0.15) is 18.1 Å². The monoisotopic (exact) mass is 485 g/mol. The highest BCUT2D eigenvalue weighted by molar-refractivity contribution is 7.22. The molecular weight excluding hydrogens is 454 g/mol. The van der Waals surface area contributed by atoms with Gasteiger partial charge in [-0.05, 0) is 66.6 Å². The molecule has 0 N–H and O–H groups in total. The second-order valence-corrected chi connectivity index (χ2v) is 9.40. The van der Waals surface area contributed by atoms with Crippen molar-refractivity contribution in [2.45, 2.75) is 32.6 Å². The summed E-state index contributed by atoms with van der Waals surface area (Å²) in [7, 11) is 1.65. The maximum absolute atomic E-state index is 13.7. The highest BCUT2D eigenvalue weighted by atomic mass is 32.1. The molecule has 0 amide bonds. The molecule has 4 aromatic rings. The van der Waals surface area contributed by atoms with Crippen molar-refractivity contribution in [2.24, 2.45) is 4.99 Å². The first kappa shape index (κ1) is 24.7. The summed E-state index contributed by atoms with van der Waals surface area (Å²) in [4.78, 5) is 19.0. The standard InChI is InChI=1S/C30H31NO3S/c1-3-4-5-8-19-31-20-21-34-25-17-11-22(12-18-25)29(32)28-26-9-6-7-10-27(26)35-30(28)23-13-15-24(33-2)16-14-23/h6-7,9-18,20H,3-5,8,19,21H2,1-2H3. The predicted molar refractivity (Wildman–Crippen MR) is 147 cm³/mol. The third-order valence-corrected chi connectivity index (χ3v) is 7.11. The molecule has 0 aliphatic heterocycles. The third-order valence-electron chi connectivity index (χ3n) is 5.89. The molecule has 0 saturated carbocycles. The molecule has 35 heavy (non-hydrogen) atoms. The van der Waals surface area contributed by atoms with E-state index in [2.05, 4.69) is 18.0 Å². The number of thiophene rings is 1. The Hall–Kier alpha value is -3.44. The Morgan fingerprint density at radius 3 is 2.40 bits per heavy atom. The highest BCUT2D eigenvalue weighted by Gasteiger charge is 2.21. The number of benzene rings is 3. The molecule has 5 heteroatoms. The van der Waals surface area contributed by atoms with E-state index in [0.717, 1.165) is 50.6 Å². The van der Waals surface area contributed by atoms with Gasteiger partial charge in [-0.25, -0.2) is 0 Å². The van der Waals surface area contributed by atoms with Crippen LogP contribution in [-0.4, -0.2) is 32.3 Å². The van der Waals surface area contributed by atoms with Crippen LogP contribution in [0.25, 0.3) is 20.5 Å². The number of carbonyl (C=O) groups is 1. The van der Waals surface area contributed by atoms with Crippen molar-refractivity contribution in [1.29, 1.82) is 0 Å². The van der Waals surface area contributed by atoms with Gasteiger partial charge in [0.05, 0.1) is 7.11 Å². The molecule has 4 nitrogen and oxygen atoms in total. The average Bonchev–Trinajstić information content (AvgIpc) is 3.30. The van der Waals surface area contributed by atoms with E-state index in [1.807, 2.05) is 72.9 Å². The predicted octanol–water partition coefficient (Wildman–Crippen LogP) is 7.84. The van der Waals surface area contributed by atoms with Gasteiger partial charge in [-0.3, -0.25) is 9.79 Å². The van der Waals surface area contributed by atoms with Crippen LogP contribution in [0, 0.1) is 0 Å². The van der Waals surface area contributed by atoms with E-state index in [-0.39, 0.29) is 5.78 Å². The Balaban J connectivity index is 1.49. The number of hydrogen-bond donors (Lipinski definition) is 0. The van der Waals surface area contributed by atoms with Crippen LogP contribution >= 0.6 is 11.3 Å². The van der Waals surface area contributed by atoms with Gasteiger partial charge in [-0.2, -0.15) is 0 Å². The van der Waals surface area contributed by atoms with E-state index in [1.54, 1.807) is 18.4 Å². The summed E-state index contributed by atoms with van der Waals surface area (Å²) in [6.45, 7) is 3.48. The molecule has 1 aromatic heterocycles. The number of unbranched alkanes of at least 4 members (excludes halogenated alkanes) is 3. The number of nitrogens with zero attached hydrogens (tertiary/aromatic N) is 1. The maximum atomic E-state index is 13.7. The number of methoxy groups -OCH3 is 1. The highest BCUT2D eigenvalue weighted by Crippen LogP contribution is 2.40. The van der Waals surface area contributed by atoms with Crippen LogP contribution in [0.15, 0.2) is 77.8 Å². The Morgan fingerprint density at radius 1 is 0.914 bits per heavy atom. The lowest BCUT2D eigenvalue weighted by molar-refractivity contribution is 0.104. The summed E-state index contributed by atoms with van der Waals surface area (Å²) in [6, 6.07) is 23.3. The lowest BCUT2D eigenvalue weighted by atomic mass is 9.97. The van der Waals surface area contributed by atoms with Gasteiger partial charge in [-0.1, -0.05) is 44.4 Å². The lowest BCUT2D eigenvalue weighted by Gasteiger charge is -2.08. The fourth-order valence-corrected chi connectivity index (χ4v) is 5.18. The fourth-order valence-electron chi connectivity index (χ4n) is 3.97. The van der Waals surface area contributed by atoms with E-state index in [9.17, 15) is 4.79 Å². The van der Waals surface area contributed by atoms with Gasteiger partial charge in [-0.15, -0.1) is 11.3 Å². The van der Waals surface area contributed by atoms with Crippen molar-refractivity contribution in [3.63, 3.8) is 0 Å². The second kappa shape index (κ2) is 12.3. The van der Waals surface area contributed by atoms with Crippen molar-refractivity contribution < 1.29 is 14.3 Å². The summed E-state index contributed by atoms with van der Waals surface area (Å²) in [6.07, 6.45) is 6.67. The van der Waals surface area contributed by atoms with Crippen LogP contribution < -0.4 is 9.47 Å². The second-order valence-electron chi connectivity index (χ2n) is 8.34. The molecule has 180 valence electrons. The van der Waals surface area contributed by atoms with Gasteiger partial charge in [0.2, 0.25) is 0 Å². The molecule has 0 atom stereocenters. The Morgan fingerprint density at radius 2 is 1.66 bits per heavy atom. The molecule has 0 spiro atoms. The van der Waals surface area contributed by atoms with E-state index in [1.165, 1.54) is 19.3 Å². The molecule has 0 unspecified atom stereocenters. The minimum absolute atomic E-state index is 0.00783. The number of carbonyl (C=O) groups excluding carboxylic acids is 1. The Labute approximate surface area is 211 Å². The number of ketones is 1. The van der Waals surface area contributed by atoms with Crippen LogP contribution in [0.2, 0.25) is 0 Å². The SMILES string of the molecule is CCCCCCN=CCOc1ccc(C(=O)c2c(-c3ccc(OC)cc3)sc3ccccc23)cc1. The number of rotatable bonds is 12. The summed E-state index contributed by atoms with van der Waals surface area (Å²) in [5.41, 5.74) is 2.38. The molecule has 4 rings (SSSR count). The molecule has 0 bridgehead atoms. The van der Waals surface area contributed by atoms with Gasteiger partial charge >= 0.3 is 0 Å². The number of fused-ring (bicyclic) bond motifs is 1. The molecule has 0 fully saturated rings. The van der Waals surface area contributed by atoms with Gasteiger partial charge in [0, 0.05) is 38.8 Å². The lowest BCUT2D eigenvalue weighted by Crippen LogP contribution is -2.03. The largest absolute Gasteiger partial charge is 0.497 e. The van der Waals surface area contributed by atoms with Gasteiger partial charge in [0.15, 0.2) is 5.78 Å². The quantitative estimate of drug-likeness (QED) is 0.117. The smallest absolute Gasteiger partial charge is 0.195 e. The molecule has 0 saturated heterocycles. The zero-order valence-electron chi connectivity index (χ0n) is 20.3. The van der Waals surface area contributed by atoms with Crippen molar-refractivity contribution in [3.05, 3.63) is 83.9 Å². The Bertz CT molecular complexity index is 1270. The third kappa shape index (κ3) is 6.17. The van der Waals surface area contributed by atoms with Crippen LogP contribution in [0.1, 0.15) is 48.5 Å². The van der Waals surface area contributed by atoms with Crippen molar-refractivity contribution in [1.82, 2.24) is 0 Å². The molecule has 1 heterocycles. The normalized spacial score (nSPS) is 11.3. The van der Waals surface area contributed by atoms with E-state index in [4.69, 9.17) is 9.47 Å². The first-order valence-electron chi connectivity index (χ1n) is 12.1. The van der Waals surface area contributed by atoms with E-state index in [0.29, 0.717) is 12.2 Å². The Kier molecular flexibility index (Phi) is 8.68. The summed E-state index contributed by atoms with van der Waals surface area (Å²) in [5, 5.41) is 0.976. The van der Waals surface area contributed by atoms with Crippen LogP contribution in [0.3, 0.4) is 0 Å². The first-order valence-corrected chi connectivity index (χ1v) is 12.9. The number of hydrogen-bond acceptors (Lipinski definition) is 5. The maximum Gasteiger partial charge on any atom is 0.195 e. The molecular formula is C30H31NO3S. The summed E-state index contributed by atoms with van der Waals surface area (Å²) < 4.78 is 12.2. The van der Waals surface area contributed by atoms with E-state index >= 15 is 0 Å². The first-order chi connectivity index (χ1) is 17.2. The molecule has 3 aromatic carbocycles. The number of ether oxygens (including phenoxy) is 2. The van der Waals surface area contributed by atoms with Crippen molar-refractivity contribution in [2.75, 3.05) is 20.3 Å². The fraction of sp³-hybridized carbons (Fsp3) is 0.267. The molecule has 0 aliphatic carbocycles. The average molecular weight is 486 g/mol. The van der Waals surface area contributed by atoms with Crippen LogP contribution in [0.5, 0.6) is 11.5 Å². The van der Waals surface area contributed by atoms with Gasteiger partial charge < -0.3 is 9.47 Å². The van der Waals surface area contributed by atoms with Crippen molar-refractivity contribution >= 4 is 33.4 Å². The van der Waals surface area contributed by atoms with Crippen LogP contribution in [0.4, 0.5) is 0 Å². The minimum Gasteiger partial charge on any atom is -0.497 e.